The standard InChI is InChI=1S/C15H12FN3O/c1-10(20)18-14-3-2-4-15-13(14)9-17-19(15)12-7-5-11(16)6-8-12/h2-9H,1H3,(H,18,20). The number of hydrogen-bond acceptors (Lipinski definition) is 2. The van der Waals surface area contributed by atoms with Gasteiger partial charge in [-0.15, -0.1) is 0 Å². The number of nitrogens with zero attached hydrogens (tertiary/aromatic N) is 2. The van der Waals surface area contributed by atoms with Crippen LogP contribution in [0.1, 0.15) is 6.92 Å². The van der Waals surface area contributed by atoms with Gasteiger partial charge in [0.15, 0.2) is 0 Å². The first kappa shape index (κ1) is 12.3. The number of carbonyl (C=O) groups excluding carboxylic acids is 1. The molecule has 0 aliphatic heterocycles. The number of nitrogens with one attached hydrogen (secondary N) is 1. The molecule has 0 unspecified atom stereocenters. The van der Waals surface area contributed by atoms with Crippen LogP contribution in [0.15, 0.2) is 48.7 Å². The molecular weight excluding hydrogens is 257 g/mol. The number of aromatic nitrogens is 2. The van der Waals surface area contributed by atoms with E-state index in [0.717, 1.165) is 16.6 Å². The van der Waals surface area contributed by atoms with Gasteiger partial charge >= 0.3 is 0 Å². The molecule has 1 aromatic heterocycles. The molecule has 0 saturated heterocycles. The number of fused-ring (bicyclic) bond motifs is 1. The van der Waals surface area contributed by atoms with E-state index in [9.17, 15) is 9.18 Å². The fraction of sp³-hybridized carbons (Fsp3) is 0.0667. The van der Waals surface area contributed by atoms with Gasteiger partial charge in [0.05, 0.1) is 23.1 Å². The van der Waals surface area contributed by atoms with Gasteiger partial charge in [-0.25, -0.2) is 9.07 Å². The van der Waals surface area contributed by atoms with E-state index in [1.54, 1.807) is 23.0 Å². The van der Waals surface area contributed by atoms with Gasteiger partial charge in [-0.3, -0.25) is 4.79 Å². The lowest BCUT2D eigenvalue weighted by Crippen LogP contribution is -2.05. The molecule has 0 bridgehead atoms. The molecular formula is C15H12FN3O. The normalized spacial score (nSPS) is 10.7. The molecule has 0 aliphatic carbocycles. The molecule has 100 valence electrons. The lowest BCUT2D eigenvalue weighted by Gasteiger charge is -2.06. The van der Waals surface area contributed by atoms with Gasteiger partial charge in [-0.05, 0) is 36.4 Å². The van der Waals surface area contributed by atoms with Crippen molar-refractivity contribution in [3.63, 3.8) is 0 Å². The van der Waals surface area contributed by atoms with E-state index in [-0.39, 0.29) is 11.7 Å². The Hall–Kier alpha value is -2.69. The predicted molar refractivity (Wildman–Crippen MR) is 75.3 cm³/mol. The maximum absolute atomic E-state index is 13.0. The molecule has 1 amide bonds. The fourth-order valence-electron chi connectivity index (χ4n) is 2.14. The zero-order chi connectivity index (χ0) is 14.1. The highest BCUT2D eigenvalue weighted by atomic mass is 19.1. The summed E-state index contributed by atoms with van der Waals surface area (Å²) in [6.07, 6.45) is 1.68. The lowest BCUT2D eigenvalue weighted by molar-refractivity contribution is -0.114. The fourth-order valence-corrected chi connectivity index (χ4v) is 2.14. The van der Waals surface area contributed by atoms with Crippen LogP contribution in [0.4, 0.5) is 10.1 Å². The zero-order valence-corrected chi connectivity index (χ0v) is 10.8. The van der Waals surface area contributed by atoms with Crippen LogP contribution in [0.5, 0.6) is 0 Å². The molecule has 1 N–H and O–H groups in total. The number of hydrogen-bond donors (Lipinski definition) is 1. The van der Waals surface area contributed by atoms with Crippen LogP contribution in [0.2, 0.25) is 0 Å². The molecule has 0 saturated carbocycles. The van der Waals surface area contributed by atoms with Crippen LogP contribution < -0.4 is 5.32 Å². The van der Waals surface area contributed by atoms with Crippen molar-refractivity contribution >= 4 is 22.5 Å². The molecule has 20 heavy (non-hydrogen) atoms. The molecule has 3 rings (SSSR count). The largest absolute Gasteiger partial charge is 0.326 e. The van der Waals surface area contributed by atoms with Gasteiger partial charge in [0, 0.05) is 12.3 Å². The molecule has 2 aromatic carbocycles. The molecule has 5 heteroatoms. The Morgan fingerprint density at radius 1 is 1.20 bits per heavy atom. The number of carbonyl (C=O) groups is 1. The molecule has 0 atom stereocenters. The summed E-state index contributed by atoms with van der Waals surface area (Å²) in [6, 6.07) is 11.7. The zero-order valence-electron chi connectivity index (χ0n) is 10.8. The van der Waals surface area contributed by atoms with Crippen molar-refractivity contribution in [1.82, 2.24) is 9.78 Å². The van der Waals surface area contributed by atoms with Gasteiger partial charge in [0.2, 0.25) is 5.91 Å². The second-order valence-corrected chi connectivity index (χ2v) is 4.45. The van der Waals surface area contributed by atoms with Gasteiger partial charge in [-0.2, -0.15) is 5.10 Å². The van der Waals surface area contributed by atoms with E-state index >= 15 is 0 Å². The van der Waals surface area contributed by atoms with Crippen molar-refractivity contribution in [1.29, 1.82) is 0 Å². The van der Waals surface area contributed by atoms with E-state index in [1.165, 1.54) is 19.1 Å². The summed E-state index contributed by atoms with van der Waals surface area (Å²) in [6.45, 7) is 1.46. The summed E-state index contributed by atoms with van der Waals surface area (Å²) in [5, 5.41) is 7.92. The number of halogens is 1. The highest BCUT2D eigenvalue weighted by molar-refractivity contribution is 6.00. The van der Waals surface area contributed by atoms with Crippen LogP contribution >= 0.6 is 0 Å². The van der Waals surface area contributed by atoms with E-state index in [2.05, 4.69) is 10.4 Å². The van der Waals surface area contributed by atoms with Crippen LogP contribution in [-0.4, -0.2) is 15.7 Å². The summed E-state index contributed by atoms with van der Waals surface area (Å²) in [4.78, 5) is 11.2. The predicted octanol–water partition coefficient (Wildman–Crippen LogP) is 3.12. The Kier molecular flexibility index (Phi) is 2.95. The first-order valence-electron chi connectivity index (χ1n) is 6.15. The first-order valence-corrected chi connectivity index (χ1v) is 6.15. The number of amides is 1. The second kappa shape index (κ2) is 4.77. The summed E-state index contributed by atoms with van der Waals surface area (Å²) in [7, 11) is 0. The summed E-state index contributed by atoms with van der Waals surface area (Å²) < 4.78 is 14.7. The first-order chi connectivity index (χ1) is 9.65. The second-order valence-electron chi connectivity index (χ2n) is 4.45. The molecule has 1 heterocycles. The van der Waals surface area contributed by atoms with E-state index < -0.39 is 0 Å². The topological polar surface area (TPSA) is 46.9 Å². The van der Waals surface area contributed by atoms with Crippen molar-refractivity contribution in [2.24, 2.45) is 0 Å². The van der Waals surface area contributed by atoms with Gasteiger partial charge in [0.25, 0.3) is 0 Å². The van der Waals surface area contributed by atoms with Crippen molar-refractivity contribution in [2.75, 3.05) is 5.32 Å². The molecule has 0 fully saturated rings. The maximum atomic E-state index is 13.0. The number of benzene rings is 2. The average Bonchev–Trinajstić information content (AvgIpc) is 2.84. The third-order valence-corrected chi connectivity index (χ3v) is 3.00. The maximum Gasteiger partial charge on any atom is 0.221 e. The van der Waals surface area contributed by atoms with Crippen LogP contribution in [0.25, 0.3) is 16.6 Å². The highest BCUT2D eigenvalue weighted by Gasteiger charge is 2.09. The number of rotatable bonds is 2. The molecule has 0 aliphatic rings. The Labute approximate surface area is 114 Å². The summed E-state index contributed by atoms with van der Waals surface area (Å²) >= 11 is 0. The third-order valence-electron chi connectivity index (χ3n) is 3.00. The van der Waals surface area contributed by atoms with E-state index in [0.29, 0.717) is 5.69 Å². The van der Waals surface area contributed by atoms with Gasteiger partial charge in [-0.1, -0.05) is 6.07 Å². The number of anilines is 1. The molecule has 4 nitrogen and oxygen atoms in total. The van der Waals surface area contributed by atoms with Crippen LogP contribution in [0.3, 0.4) is 0 Å². The Morgan fingerprint density at radius 2 is 1.95 bits per heavy atom. The van der Waals surface area contributed by atoms with Gasteiger partial charge < -0.3 is 5.32 Å². The van der Waals surface area contributed by atoms with Crippen LogP contribution in [-0.2, 0) is 4.79 Å². The molecule has 0 spiro atoms. The Balaban J connectivity index is 2.14. The smallest absolute Gasteiger partial charge is 0.221 e. The van der Waals surface area contributed by atoms with E-state index in [1.807, 2.05) is 18.2 Å². The summed E-state index contributed by atoms with van der Waals surface area (Å²) in [5.74, 6) is -0.420. The Morgan fingerprint density at radius 3 is 2.65 bits per heavy atom. The van der Waals surface area contributed by atoms with Crippen molar-refractivity contribution in [2.45, 2.75) is 6.92 Å². The SMILES string of the molecule is CC(=O)Nc1cccc2c1cnn2-c1ccc(F)cc1. The minimum atomic E-state index is -0.288. The van der Waals surface area contributed by atoms with Crippen LogP contribution in [0, 0.1) is 5.82 Å². The molecule has 3 aromatic rings. The minimum absolute atomic E-state index is 0.132. The Bertz CT molecular complexity index is 777. The third kappa shape index (κ3) is 2.14. The molecule has 0 radical (unpaired) electrons. The average molecular weight is 269 g/mol. The van der Waals surface area contributed by atoms with Crippen molar-refractivity contribution < 1.29 is 9.18 Å². The van der Waals surface area contributed by atoms with E-state index in [4.69, 9.17) is 0 Å². The minimum Gasteiger partial charge on any atom is -0.326 e. The quantitative estimate of drug-likeness (QED) is 0.777. The summed E-state index contributed by atoms with van der Waals surface area (Å²) in [5.41, 5.74) is 2.33. The highest BCUT2D eigenvalue weighted by Crippen LogP contribution is 2.25. The van der Waals surface area contributed by atoms with Crippen molar-refractivity contribution in [3.8, 4) is 5.69 Å². The monoisotopic (exact) mass is 269 g/mol. The van der Waals surface area contributed by atoms with Crippen molar-refractivity contribution in [3.05, 3.63) is 54.5 Å². The van der Waals surface area contributed by atoms with Gasteiger partial charge in [0.1, 0.15) is 5.82 Å². The lowest BCUT2D eigenvalue weighted by atomic mass is 10.2.